The maximum atomic E-state index is 11.4. The molecule has 0 radical (unpaired) electrons. The number of hydrogen-bond donors (Lipinski definition) is 1. The molecule has 0 saturated heterocycles. The van der Waals surface area contributed by atoms with Crippen LogP contribution in [0.1, 0.15) is 65.5 Å². The normalized spacial score (nSPS) is 9.00. The van der Waals surface area contributed by atoms with Gasteiger partial charge in [-0.1, -0.05) is 77.8 Å². The zero-order chi connectivity index (χ0) is 16.0. The Labute approximate surface area is 126 Å². The Bertz CT molecular complexity index is 328. The minimum Gasteiger partial charge on any atom is -0.352 e. The van der Waals surface area contributed by atoms with Crippen molar-refractivity contribution in [3.05, 3.63) is 35.4 Å². The van der Waals surface area contributed by atoms with E-state index < -0.39 is 0 Å². The Morgan fingerprint density at radius 2 is 1.55 bits per heavy atom. The fourth-order valence-corrected chi connectivity index (χ4v) is 1.35. The van der Waals surface area contributed by atoms with Gasteiger partial charge in [-0.05, 0) is 18.4 Å². The molecule has 0 heterocycles. The van der Waals surface area contributed by atoms with Crippen LogP contribution in [-0.4, -0.2) is 5.91 Å². The standard InChI is InChI=1S/C13H19NO.C3H8.C2H6/c1-10(2)8-13(15)14-9-12-6-4-11(3)5-7-12;1-3-2;1-2/h4-7,10H,8-9H2,1-3H3,(H,14,15);3H2,1-2H3;1-2H3. The summed E-state index contributed by atoms with van der Waals surface area (Å²) in [6.07, 6.45) is 1.85. The number of rotatable bonds is 4. The van der Waals surface area contributed by atoms with Crippen molar-refractivity contribution in [2.75, 3.05) is 0 Å². The van der Waals surface area contributed by atoms with Crippen LogP contribution in [0.5, 0.6) is 0 Å². The maximum absolute atomic E-state index is 11.4. The summed E-state index contributed by atoms with van der Waals surface area (Å²) in [5.41, 5.74) is 2.39. The van der Waals surface area contributed by atoms with Gasteiger partial charge in [-0.25, -0.2) is 0 Å². The summed E-state index contributed by atoms with van der Waals surface area (Å²) in [5, 5.41) is 2.91. The minimum absolute atomic E-state index is 0.130. The van der Waals surface area contributed by atoms with E-state index >= 15 is 0 Å². The first-order valence-corrected chi connectivity index (χ1v) is 7.81. The van der Waals surface area contributed by atoms with Gasteiger partial charge in [0.25, 0.3) is 0 Å². The molecule has 0 aliphatic heterocycles. The minimum atomic E-state index is 0.130. The first kappa shape index (κ1) is 21.0. The summed E-state index contributed by atoms with van der Waals surface area (Å²) >= 11 is 0. The van der Waals surface area contributed by atoms with Crippen LogP contribution >= 0.6 is 0 Å². The second kappa shape index (κ2) is 14.1. The third-order valence-electron chi connectivity index (χ3n) is 2.20. The zero-order valence-electron chi connectivity index (χ0n) is 14.4. The number of carbonyl (C=O) groups is 1. The zero-order valence-corrected chi connectivity index (χ0v) is 14.4. The highest BCUT2D eigenvalue weighted by Crippen LogP contribution is 2.03. The smallest absolute Gasteiger partial charge is 0.220 e. The Kier molecular flexibility index (Phi) is 14.8. The first-order chi connectivity index (χ1) is 9.49. The summed E-state index contributed by atoms with van der Waals surface area (Å²) in [5.74, 6) is 0.550. The van der Waals surface area contributed by atoms with Gasteiger partial charge in [0.1, 0.15) is 0 Å². The van der Waals surface area contributed by atoms with E-state index in [1.54, 1.807) is 0 Å². The summed E-state index contributed by atoms with van der Waals surface area (Å²) < 4.78 is 0. The Morgan fingerprint density at radius 3 is 1.95 bits per heavy atom. The number of benzene rings is 1. The van der Waals surface area contributed by atoms with Crippen molar-refractivity contribution in [2.45, 2.75) is 67.9 Å². The molecule has 0 aromatic heterocycles. The molecule has 1 aromatic rings. The number of amides is 1. The Balaban J connectivity index is 0. The lowest BCUT2D eigenvalue weighted by atomic mass is 10.1. The van der Waals surface area contributed by atoms with E-state index in [9.17, 15) is 4.79 Å². The fraction of sp³-hybridized carbons (Fsp3) is 0.611. The SMILES string of the molecule is CC.CCC.Cc1ccc(CNC(=O)CC(C)C)cc1. The highest BCUT2D eigenvalue weighted by molar-refractivity contribution is 5.76. The van der Waals surface area contributed by atoms with Gasteiger partial charge < -0.3 is 5.32 Å². The van der Waals surface area contributed by atoms with Gasteiger partial charge in [-0.2, -0.15) is 0 Å². The van der Waals surface area contributed by atoms with E-state index in [0.29, 0.717) is 18.9 Å². The number of carbonyl (C=O) groups excluding carboxylic acids is 1. The lowest BCUT2D eigenvalue weighted by molar-refractivity contribution is -0.121. The Morgan fingerprint density at radius 1 is 1.10 bits per heavy atom. The van der Waals surface area contributed by atoms with E-state index in [1.165, 1.54) is 12.0 Å². The number of nitrogens with one attached hydrogen (secondary N) is 1. The largest absolute Gasteiger partial charge is 0.352 e. The van der Waals surface area contributed by atoms with E-state index in [2.05, 4.69) is 38.2 Å². The number of aryl methyl sites for hydroxylation is 1. The van der Waals surface area contributed by atoms with Gasteiger partial charge in [-0.15, -0.1) is 0 Å². The van der Waals surface area contributed by atoms with E-state index in [-0.39, 0.29) is 5.91 Å². The molecule has 1 rings (SSSR count). The molecule has 0 aliphatic carbocycles. The van der Waals surface area contributed by atoms with Crippen LogP contribution in [0.3, 0.4) is 0 Å². The van der Waals surface area contributed by atoms with E-state index in [1.807, 2.05) is 39.8 Å². The molecule has 2 nitrogen and oxygen atoms in total. The molecule has 0 saturated carbocycles. The van der Waals surface area contributed by atoms with Crippen LogP contribution in [0.2, 0.25) is 0 Å². The first-order valence-electron chi connectivity index (χ1n) is 7.81. The van der Waals surface area contributed by atoms with Crippen LogP contribution in [-0.2, 0) is 11.3 Å². The lowest BCUT2D eigenvalue weighted by Crippen LogP contribution is -2.23. The van der Waals surface area contributed by atoms with Crippen molar-refractivity contribution in [2.24, 2.45) is 5.92 Å². The monoisotopic (exact) mass is 279 g/mol. The average Bonchev–Trinajstić information content (AvgIpc) is 2.40. The molecular formula is C18H33NO. The molecule has 1 aromatic carbocycles. The van der Waals surface area contributed by atoms with Crippen LogP contribution < -0.4 is 5.32 Å². The summed E-state index contributed by atoms with van der Waals surface area (Å²) in [6, 6.07) is 8.21. The predicted octanol–water partition coefficient (Wildman–Crippen LogP) is 5.10. The van der Waals surface area contributed by atoms with Crippen molar-refractivity contribution in [1.82, 2.24) is 5.32 Å². The van der Waals surface area contributed by atoms with Crippen molar-refractivity contribution in [3.63, 3.8) is 0 Å². The van der Waals surface area contributed by atoms with E-state index in [0.717, 1.165) is 5.56 Å². The molecule has 2 heteroatoms. The van der Waals surface area contributed by atoms with Crippen LogP contribution in [0.15, 0.2) is 24.3 Å². The maximum Gasteiger partial charge on any atom is 0.220 e. The summed E-state index contributed by atoms with van der Waals surface area (Å²) in [7, 11) is 0. The average molecular weight is 279 g/mol. The Hall–Kier alpha value is -1.31. The third-order valence-corrected chi connectivity index (χ3v) is 2.20. The second-order valence-electron chi connectivity index (χ2n) is 5.07. The van der Waals surface area contributed by atoms with Crippen LogP contribution in [0.25, 0.3) is 0 Å². The second-order valence-corrected chi connectivity index (χ2v) is 5.07. The summed E-state index contributed by atoms with van der Waals surface area (Å²) in [6.45, 7) is 15.0. The molecule has 0 unspecified atom stereocenters. The predicted molar refractivity (Wildman–Crippen MR) is 89.8 cm³/mol. The highest BCUT2D eigenvalue weighted by atomic mass is 16.1. The molecule has 0 aliphatic rings. The van der Waals surface area contributed by atoms with Crippen LogP contribution in [0.4, 0.5) is 0 Å². The highest BCUT2D eigenvalue weighted by Gasteiger charge is 2.03. The van der Waals surface area contributed by atoms with Crippen molar-refractivity contribution >= 4 is 5.91 Å². The van der Waals surface area contributed by atoms with Crippen molar-refractivity contribution in [1.29, 1.82) is 0 Å². The molecule has 20 heavy (non-hydrogen) atoms. The number of hydrogen-bond acceptors (Lipinski definition) is 1. The van der Waals surface area contributed by atoms with Gasteiger partial charge in [0.15, 0.2) is 0 Å². The van der Waals surface area contributed by atoms with Gasteiger partial charge in [0, 0.05) is 13.0 Å². The van der Waals surface area contributed by atoms with E-state index in [4.69, 9.17) is 0 Å². The summed E-state index contributed by atoms with van der Waals surface area (Å²) in [4.78, 5) is 11.4. The molecule has 1 amide bonds. The molecule has 1 N–H and O–H groups in total. The van der Waals surface area contributed by atoms with Crippen molar-refractivity contribution in [3.8, 4) is 0 Å². The fourth-order valence-electron chi connectivity index (χ4n) is 1.35. The molecular weight excluding hydrogens is 246 g/mol. The van der Waals surface area contributed by atoms with Gasteiger partial charge in [-0.3, -0.25) is 4.79 Å². The van der Waals surface area contributed by atoms with Crippen LogP contribution in [0, 0.1) is 12.8 Å². The topological polar surface area (TPSA) is 29.1 Å². The van der Waals surface area contributed by atoms with Gasteiger partial charge >= 0.3 is 0 Å². The molecule has 116 valence electrons. The lowest BCUT2D eigenvalue weighted by Gasteiger charge is -2.07. The third kappa shape index (κ3) is 13.1. The van der Waals surface area contributed by atoms with Gasteiger partial charge in [0.05, 0.1) is 0 Å². The molecule has 0 fully saturated rings. The van der Waals surface area contributed by atoms with Crippen molar-refractivity contribution < 1.29 is 4.79 Å². The molecule has 0 bridgehead atoms. The van der Waals surface area contributed by atoms with Gasteiger partial charge in [0.2, 0.25) is 5.91 Å². The molecule has 0 spiro atoms. The quantitative estimate of drug-likeness (QED) is 0.816. The molecule has 0 atom stereocenters.